The number of hydrogen-bond donors (Lipinski definition) is 4. The maximum Gasteiger partial charge on any atom is 0.326 e. The molecule has 2 fully saturated rings. The first-order valence-corrected chi connectivity index (χ1v) is 10.6. The fraction of sp³-hybridized carbons (Fsp3) is 0.476. The molecular weight excluding hydrogens is 452 g/mol. The lowest BCUT2D eigenvalue weighted by Gasteiger charge is -2.22. The molecule has 0 unspecified atom stereocenters. The minimum Gasteiger partial charge on any atom is -0.484 e. The number of nitrogens with two attached hydrogens (primary N) is 1. The summed E-state index contributed by atoms with van der Waals surface area (Å²) in [5.74, 6) is -3.24. The van der Waals surface area contributed by atoms with Crippen LogP contribution >= 0.6 is 0 Å². The van der Waals surface area contributed by atoms with E-state index in [4.69, 9.17) is 20.4 Å². The second-order valence-electron chi connectivity index (χ2n) is 7.92. The van der Waals surface area contributed by atoms with E-state index in [0.717, 1.165) is 0 Å². The van der Waals surface area contributed by atoms with Crippen LogP contribution in [0.1, 0.15) is 31.2 Å². The molecule has 13 heteroatoms. The fourth-order valence-corrected chi connectivity index (χ4v) is 4.04. The van der Waals surface area contributed by atoms with Gasteiger partial charge in [0.15, 0.2) is 19.0 Å². The number of carboxylic acid groups (broad SMARTS) is 2. The van der Waals surface area contributed by atoms with Crippen LogP contribution in [0.15, 0.2) is 23.4 Å². The van der Waals surface area contributed by atoms with E-state index in [1.807, 2.05) is 0 Å². The number of benzene rings is 1. The van der Waals surface area contributed by atoms with E-state index in [-0.39, 0.29) is 22.9 Å². The number of amidine groups is 1. The molecule has 0 bridgehead atoms. The van der Waals surface area contributed by atoms with Gasteiger partial charge < -0.3 is 40.4 Å². The Hall–Kier alpha value is -4.03. The number of amides is 2. The zero-order chi connectivity index (χ0) is 24.8. The quantitative estimate of drug-likeness (QED) is 0.158. The van der Waals surface area contributed by atoms with Crippen molar-refractivity contribution in [1.82, 2.24) is 9.80 Å². The average Bonchev–Trinajstić information content (AvgIpc) is 3.50. The van der Waals surface area contributed by atoms with Crippen molar-refractivity contribution in [2.45, 2.75) is 37.8 Å². The van der Waals surface area contributed by atoms with Gasteiger partial charge in [-0.25, -0.2) is 9.59 Å². The second kappa shape index (κ2) is 10.7. The van der Waals surface area contributed by atoms with Crippen molar-refractivity contribution in [3.05, 3.63) is 23.8 Å². The van der Waals surface area contributed by atoms with Gasteiger partial charge in [-0.3, -0.25) is 9.59 Å². The standard InChI is InChI=1S/C21H26N4O9/c22-19(23-32)12-7-13(33-10-17(26)24-5-1-3-15(24)20(28)29)9-14(8-12)34-11-18(27)25-6-2-4-16(25)21(30)31/h7-9,15-16,32H,1-6,10-11H2,(H2,22,23)(H,28,29)(H,30,31)/t15-,16-/m1/s1. The van der Waals surface area contributed by atoms with Crippen molar-refractivity contribution in [2.24, 2.45) is 10.9 Å². The summed E-state index contributed by atoms with van der Waals surface area (Å²) >= 11 is 0. The van der Waals surface area contributed by atoms with Gasteiger partial charge in [0, 0.05) is 24.7 Å². The molecule has 184 valence electrons. The zero-order valence-electron chi connectivity index (χ0n) is 18.3. The molecule has 0 radical (unpaired) electrons. The number of carbonyl (C=O) groups is 4. The van der Waals surface area contributed by atoms with Gasteiger partial charge in [0.2, 0.25) is 0 Å². The number of hydrogen-bond acceptors (Lipinski definition) is 8. The van der Waals surface area contributed by atoms with E-state index < -0.39 is 49.1 Å². The van der Waals surface area contributed by atoms with Crippen LogP contribution in [0.3, 0.4) is 0 Å². The number of nitrogens with zero attached hydrogens (tertiary/aromatic N) is 3. The summed E-state index contributed by atoms with van der Waals surface area (Å²) in [5, 5.41) is 30.4. The van der Waals surface area contributed by atoms with Crippen molar-refractivity contribution < 1.29 is 44.1 Å². The van der Waals surface area contributed by atoms with Crippen LogP contribution in [0, 0.1) is 0 Å². The summed E-state index contributed by atoms with van der Waals surface area (Å²) in [6.45, 7) is -0.271. The van der Waals surface area contributed by atoms with E-state index in [1.165, 1.54) is 28.0 Å². The predicted molar refractivity (Wildman–Crippen MR) is 115 cm³/mol. The predicted octanol–water partition coefficient (Wildman–Crippen LogP) is -0.310. The third kappa shape index (κ3) is 5.66. The van der Waals surface area contributed by atoms with Gasteiger partial charge in [-0.2, -0.15) is 0 Å². The number of oxime groups is 1. The van der Waals surface area contributed by atoms with E-state index >= 15 is 0 Å². The molecule has 34 heavy (non-hydrogen) atoms. The highest BCUT2D eigenvalue weighted by molar-refractivity contribution is 5.97. The Balaban J connectivity index is 1.68. The topological polar surface area (TPSA) is 192 Å². The number of carboxylic acids is 2. The number of likely N-dealkylation sites (tertiary alicyclic amines) is 2. The van der Waals surface area contributed by atoms with Crippen molar-refractivity contribution in [1.29, 1.82) is 0 Å². The van der Waals surface area contributed by atoms with Gasteiger partial charge in [0.25, 0.3) is 11.8 Å². The van der Waals surface area contributed by atoms with E-state index in [2.05, 4.69) is 5.16 Å². The van der Waals surface area contributed by atoms with E-state index in [9.17, 15) is 29.4 Å². The zero-order valence-corrected chi connectivity index (χ0v) is 18.3. The molecule has 2 aliphatic heterocycles. The minimum absolute atomic E-state index is 0.107. The summed E-state index contributed by atoms with van der Waals surface area (Å²) in [6, 6.07) is 2.36. The number of carbonyl (C=O) groups excluding carboxylic acids is 2. The van der Waals surface area contributed by atoms with Gasteiger partial charge in [0.1, 0.15) is 23.6 Å². The first kappa shape index (κ1) is 24.6. The van der Waals surface area contributed by atoms with Gasteiger partial charge in [-0.1, -0.05) is 5.16 Å². The lowest BCUT2D eigenvalue weighted by atomic mass is 10.2. The Bertz CT molecular complexity index is 930. The van der Waals surface area contributed by atoms with Crippen molar-refractivity contribution >= 4 is 29.6 Å². The van der Waals surface area contributed by atoms with E-state index in [0.29, 0.717) is 38.8 Å². The lowest BCUT2D eigenvalue weighted by Crippen LogP contribution is -2.42. The average molecular weight is 478 g/mol. The third-order valence-electron chi connectivity index (χ3n) is 5.72. The van der Waals surface area contributed by atoms with Crippen LogP contribution in [0.4, 0.5) is 0 Å². The largest absolute Gasteiger partial charge is 0.484 e. The molecule has 0 aliphatic carbocycles. The van der Waals surface area contributed by atoms with Crippen molar-refractivity contribution in [3.63, 3.8) is 0 Å². The van der Waals surface area contributed by atoms with Crippen LogP contribution in [0.25, 0.3) is 0 Å². The Morgan fingerprint density at radius 3 is 1.71 bits per heavy atom. The highest BCUT2D eigenvalue weighted by Crippen LogP contribution is 2.25. The molecule has 1 aromatic rings. The van der Waals surface area contributed by atoms with Crippen molar-refractivity contribution in [2.75, 3.05) is 26.3 Å². The third-order valence-corrected chi connectivity index (χ3v) is 5.72. The molecule has 2 aliphatic rings. The maximum atomic E-state index is 12.5. The summed E-state index contributed by atoms with van der Waals surface area (Å²) < 4.78 is 11.0. The Morgan fingerprint density at radius 1 is 0.882 bits per heavy atom. The Kier molecular flexibility index (Phi) is 7.76. The highest BCUT2D eigenvalue weighted by Gasteiger charge is 2.35. The van der Waals surface area contributed by atoms with Crippen LogP contribution in [0.2, 0.25) is 0 Å². The van der Waals surface area contributed by atoms with Crippen LogP contribution in [-0.2, 0) is 19.2 Å². The van der Waals surface area contributed by atoms with Crippen LogP contribution < -0.4 is 15.2 Å². The lowest BCUT2D eigenvalue weighted by molar-refractivity contribution is -0.149. The Labute approximate surface area is 194 Å². The molecule has 2 saturated heterocycles. The first-order chi connectivity index (χ1) is 16.2. The number of rotatable bonds is 9. The smallest absolute Gasteiger partial charge is 0.326 e. The molecule has 2 amide bonds. The number of aliphatic carboxylic acids is 2. The molecule has 0 aromatic heterocycles. The summed E-state index contributed by atoms with van der Waals surface area (Å²) in [7, 11) is 0. The monoisotopic (exact) mass is 478 g/mol. The Morgan fingerprint density at radius 2 is 1.32 bits per heavy atom. The molecule has 3 rings (SSSR count). The molecule has 2 heterocycles. The molecule has 2 atom stereocenters. The molecule has 0 saturated carbocycles. The van der Waals surface area contributed by atoms with Gasteiger partial charge >= 0.3 is 11.9 Å². The van der Waals surface area contributed by atoms with Gasteiger partial charge in [-0.15, -0.1) is 0 Å². The van der Waals surface area contributed by atoms with Crippen LogP contribution in [0.5, 0.6) is 11.5 Å². The summed E-state index contributed by atoms with van der Waals surface area (Å²) in [4.78, 5) is 50.0. The highest BCUT2D eigenvalue weighted by atomic mass is 16.5. The molecular formula is C21H26N4O9. The van der Waals surface area contributed by atoms with Crippen molar-refractivity contribution in [3.8, 4) is 11.5 Å². The molecule has 5 N–H and O–H groups in total. The van der Waals surface area contributed by atoms with Gasteiger partial charge in [0.05, 0.1) is 0 Å². The van der Waals surface area contributed by atoms with E-state index in [1.54, 1.807) is 0 Å². The fourth-order valence-electron chi connectivity index (χ4n) is 4.04. The normalized spacial score (nSPS) is 20.3. The van der Waals surface area contributed by atoms with Crippen LogP contribution in [-0.4, -0.2) is 93.2 Å². The SMILES string of the molecule is NC(=NO)c1cc(OCC(=O)N2CCC[C@@H]2C(=O)O)cc(OCC(=O)N2CCC[C@@H]2C(=O)O)c1. The maximum absolute atomic E-state index is 12.5. The van der Waals surface area contributed by atoms with Gasteiger partial charge in [-0.05, 0) is 37.8 Å². The number of ether oxygens (including phenoxy) is 2. The molecule has 1 aromatic carbocycles. The summed E-state index contributed by atoms with van der Waals surface area (Å²) in [5.41, 5.74) is 5.84. The summed E-state index contributed by atoms with van der Waals surface area (Å²) in [6.07, 6.45) is 1.89. The minimum atomic E-state index is -1.08. The molecule has 13 nitrogen and oxygen atoms in total. The second-order valence-corrected chi connectivity index (χ2v) is 7.92. The molecule has 0 spiro atoms. The first-order valence-electron chi connectivity index (χ1n) is 10.6.